The summed E-state index contributed by atoms with van der Waals surface area (Å²) >= 11 is 0. The highest BCUT2D eigenvalue weighted by atomic mass is 16.2. The van der Waals surface area contributed by atoms with Crippen LogP contribution >= 0.6 is 0 Å². The average molecular weight is 516 g/mol. The number of urea groups is 1. The van der Waals surface area contributed by atoms with E-state index in [2.05, 4.69) is 18.2 Å². The number of hydrogen-bond donors (Lipinski definition) is 1. The van der Waals surface area contributed by atoms with E-state index in [0.29, 0.717) is 19.5 Å². The van der Waals surface area contributed by atoms with Crippen molar-refractivity contribution in [1.82, 2.24) is 25.1 Å². The molecule has 2 fully saturated rings. The molecule has 2 heterocycles. The number of hydrazine groups is 1. The van der Waals surface area contributed by atoms with Gasteiger partial charge in [-0.2, -0.15) is 5.01 Å². The van der Waals surface area contributed by atoms with Crippen molar-refractivity contribution in [2.24, 2.45) is 0 Å². The normalized spacial score (nSPS) is 19.7. The van der Waals surface area contributed by atoms with Gasteiger partial charge in [0, 0.05) is 19.5 Å². The Balaban J connectivity index is 1.63. The van der Waals surface area contributed by atoms with Gasteiger partial charge in [-0.3, -0.25) is 9.59 Å². The monoisotopic (exact) mass is 515 g/mol. The molecule has 4 amide bonds. The predicted molar refractivity (Wildman–Crippen MR) is 146 cm³/mol. The molecule has 1 N–H and O–H groups in total. The molecular weight excluding hydrogens is 478 g/mol. The molecule has 0 saturated carbocycles. The van der Waals surface area contributed by atoms with E-state index in [-0.39, 0.29) is 37.5 Å². The maximum absolute atomic E-state index is 13.8. The molecule has 2 aromatic rings. The van der Waals surface area contributed by atoms with Crippen LogP contribution in [0.15, 0.2) is 60.7 Å². The zero-order valence-electron chi connectivity index (χ0n) is 22.1. The summed E-state index contributed by atoms with van der Waals surface area (Å²) in [7, 11) is 0. The number of benzene rings is 2. The van der Waals surface area contributed by atoms with Gasteiger partial charge in [0.2, 0.25) is 11.8 Å². The van der Waals surface area contributed by atoms with Crippen molar-refractivity contribution < 1.29 is 14.4 Å². The van der Waals surface area contributed by atoms with Gasteiger partial charge < -0.3 is 15.1 Å². The molecule has 200 valence electrons. The third kappa shape index (κ3) is 6.35. The molecule has 8 nitrogen and oxygen atoms in total. The summed E-state index contributed by atoms with van der Waals surface area (Å²) in [5.74, 6) is 2.32. The Labute approximate surface area is 225 Å². The number of terminal acetylenes is 1. The van der Waals surface area contributed by atoms with Crippen LogP contribution in [-0.2, 0) is 22.6 Å². The third-order valence-electron chi connectivity index (χ3n) is 7.15. The smallest absolute Gasteiger partial charge is 0.334 e. The molecular formula is C30H37N5O3. The minimum Gasteiger partial charge on any atom is -0.337 e. The molecule has 0 aromatic heterocycles. The highest BCUT2D eigenvalue weighted by Gasteiger charge is 2.51. The zero-order valence-corrected chi connectivity index (χ0v) is 22.1. The van der Waals surface area contributed by atoms with Crippen molar-refractivity contribution in [2.45, 2.75) is 57.8 Å². The first-order valence-electron chi connectivity index (χ1n) is 13.5. The third-order valence-corrected chi connectivity index (χ3v) is 7.15. The van der Waals surface area contributed by atoms with Crippen molar-refractivity contribution in [3.63, 3.8) is 0 Å². The molecule has 0 spiro atoms. The lowest BCUT2D eigenvalue weighted by Gasteiger charge is -2.55. The number of hydrogen-bond acceptors (Lipinski definition) is 4. The molecule has 0 aliphatic carbocycles. The molecule has 2 aliphatic heterocycles. The van der Waals surface area contributed by atoms with E-state index in [1.807, 2.05) is 65.6 Å². The van der Waals surface area contributed by atoms with E-state index in [9.17, 15) is 14.4 Å². The molecule has 38 heavy (non-hydrogen) atoms. The number of carbonyl (C=O) groups excluding carboxylic acids is 3. The summed E-state index contributed by atoms with van der Waals surface area (Å²) in [6, 6.07) is 18.3. The number of piperazine rings is 1. The molecule has 4 rings (SSSR count). The van der Waals surface area contributed by atoms with E-state index in [1.54, 1.807) is 14.9 Å². The fraction of sp³-hybridized carbons (Fsp3) is 0.433. The van der Waals surface area contributed by atoms with E-state index >= 15 is 0 Å². The first-order chi connectivity index (χ1) is 18.5. The second-order valence-electron chi connectivity index (χ2n) is 9.85. The van der Waals surface area contributed by atoms with E-state index in [1.165, 1.54) is 0 Å². The fourth-order valence-electron chi connectivity index (χ4n) is 5.26. The average Bonchev–Trinajstić information content (AvgIpc) is 2.93. The van der Waals surface area contributed by atoms with Gasteiger partial charge in [0.05, 0.1) is 19.6 Å². The molecule has 8 heteroatoms. The number of rotatable bonds is 10. The molecule has 2 aromatic carbocycles. The minimum absolute atomic E-state index is 0.0610. The van der Waals surface area contributed by atoms with Crippen molar-refractivity contribution in [2.75, 3.05) is 26.2 Å². The van der Waals surface area contributed by atoms with Crippen LogP contribution in [-0.4, -0.2) is 76.0 Å². The van der Waals surface area contributed by atoms with Crippen LogP contribution in [0, 0.1) is 12.3 Å². The van der Waals surface area contributed by atoms with Gasteiger partial charge >= 0.3 is 6.03 Å². The highest BCUT2D eigenvalue weighted by Crippen LogP contribution is 2.28. The quantitative estimate of drug-likeness (QED) is 0.389. The Morgan fingerprint density at radius 1 is 1.00 bits per heavy atom. The van der Waals surface area contributed by atoms with Crippen molar-refractivity contribution in [1.29, 1.82) is 0 Å². The van der Waals surface area contributed by atoms with Gasteiger partial charge in [0.15, 0.2) is 0 Å². The SMILES string of the molecule is C#CCN1CC(=O)N2[C@@H](Cc3ccccc3)C(=O)N(CCCCCC)C[C@@H]2N1C(=O)NCc1ccccc1. The Morgan fingerprint density at radius 3 is 2.34 bits per heavy atom. The molecule has 2 saturated heterocycles. The number of nitrogens with one attached hydrogen (secondary N) is 1. The second-order valence-corrected chi connectivity index (χ2v) is 9.85. The molecule has 2 atom stereocenters. The lowest BCUT2D eigenvalue weighted by molar-refractivity contribution is -0.188. The minimum atomic E-state index is -0.688. The predicted octanol–water partition coefficient (Wildman–Crippen LogP) is 3.25. The maximum Gasteiger partial charge on any atom is 0.334 e. The molecule has 0 radical (unpaired) electrons. The van der Waals surface area contributed by atoms with Gasteiger partial charge in [-0.15, -0.1) is 6.42 Å². The first kappa shape index (κ1) is 27.2. The number of nitrogens with zero attached hydrogens (tertiary/aromatic N) is 4. The van der Waals surface area contributed by atoms with E-state index < -0.39 is 12.2 Å². The maximum atomic E-state index is 13.8. The van der Waals surface area contributed by atoms with Crippen molar-refractivity contribution in [3.8, 4) is 12.3 Å². The van der Waals surface area contributed by atoms with Crippen LogP contribution in [0.5, 0.6) is 0 Å². The van der Waals surface area contributed by atoms with Gasteiger partial charge in [0.1, 0.15) is 12.2 Å². The Morgan fingerprint density at radius 2 is 1.68 bits per heavy atom. The number of unbranched alkanes of at least 4 members (excludes halogenated alkanes) is 3. The molecule has 2 aliphatic rings. The van der Waals surface area contributed by atoms with Gasteiger partial charge in [-0.05, 0) is 17.5 Å². The number of fused-ring (bicyclic) bond motifs is 1. The van der Waals surface area contributed by atoms with Crippen LogP contribution in [0.2, 0.25) is 0 Å². The lowest BCUT2D eigenvalue weighted by atomic mass is 9.98. The summed E-state index contributed by atoms with van der Waals surface area (Å²) in [6.07, 6.45) is 9.50. The summed E-state index contributed by atoms with van der Waals surface area (Å²) in [4.78, 5) is 44.3. The summed E-state index contributed by atoms with van der Waals surface area (Å²) in [5, 5.41) is 6.17. The standard InChI is InChI=1S/C30H37N5O3/c1-3-5-6-13-19-32-22-27-34(26(29(32)37)20-24-14-9-7-10-15-24)28(36)23-33(18-4-2)35(27)30(38)31-21-25-16-11-8-12-17-25/h2,7-12,14-17,26-27H,3,5-6,13,18-23H2,1H3,(H,31,38)/t26-,27-/m0/s1. The van der Waals surface area contributed by atoms with Crippen LogP contribution in [0.25, 0.3) is 0 Å². The summed E-state index contributed by atoms with van der Waals surface area (Å²) < 4.78 is 0. The molecule has 0 unspecified atom stereocenters. The Hall–Kier alpha value is -3.83. The number of amides is 4. The van der Waals surface area contributed by atoms with E-state index in [4.69, 9.17) is 6.42 Å². The van der Waals surface area contributed by atoms with Crippen LogP contribution in [0.1, 0.15) is 43.7 Å². The summed E-state index contributed by atoms with van der Waals surface area (Å²) in [6.45, 7) is 3.39. The van der Waals surface area contributed by atoms with Gasteiger partial charge in [-0.25, -0.2) is 9.80 Å². The van der Waals surface area contributed by atoms with Crippen molar-refractivity contribution >= 4 is 17.8 Å². The fourth-order valence-corrected chi connectivity index (χ4v) is 5.26. The zero-order chi connectivity index (χ0) is 26.9. The van der Waals surface area contributed by atoms with Crippen LogP contribution in [0.4, 0.5) is 4.79 Å². The Bertz CT molecular complexity index is 1130. The highest BCUT2D eigenvalue weighted by molar-refractivity contribution is 5.91. The first-order valence-corrected chi connectivity index (χ1v) is 13.5. The second kappa shape index (κ2) is 13.1. The summed E-state index contributed by atoms with van der Waals surface area (Å²) in [5.41, 5.74) is 1.93. The molecule has 0 bridgehead atoms. The van der Waals surface area contributed by atoms with Crippen LogP contribution in [0.3, 0.4) is 0 Å². The van der Waals surface area contributed by atoms with Crippen molar-refractivity contribution in [3.05, 3.63) is 71.8 Å². The Kier molecular flexibility index (Phi) is 9.39. The van der Waals surface area contributed by atoms with E-state index in [0.717, 1.165) is 36.8 Å². The van der Waals surface area contributed by atoms with Crippen LogP contribution < -0.4 is 5.32 Å². The lowest BCUT2D eigenvalue weighted by Crippen LogP contribution is -2.76. The van der Waals surface area contributed by atoms with Gasteiger partial charge in [0.25, 0.3) is 0 Å². The van der Waals surface area contributed by atoms with Gasteiger partial charge in [-0.1, -0.05) is 92.8 Å². The largest absolute Gasteiger partial charge is 0.337 e. The number of carbonyl (C=O) groups is 3. The topological polar surface area (TPSA) is 76.2 Å².